The van der Waals surface area contributed by atoms with E-state index in [1.54, 1.807) is 16.3 Å². The molecular formula is C20H25N5O3S. The van der Waals surface area contributed by atoms with Gasteiger partial charge in [-0.2, -0.15) is 0 Å². The minimum absolute atomic E-state index is 0.110. The van der Waals surface area contributed by atoms with Crippen LogP contribution in [0.15, 0.2) is 38.8 Å². The monoisotopic (exact) mass is 415 g/mol. The van der Waals surface area contributed by atoms with Crippen LogP contribution in [0.2, 0.25) is 0 Å². The van der Waals surface area contributed by atoms with Crippen LogP contribution < -0.4 is 16.6 Å². The van der Waals surface area contributed by atoms with Gasteiger partial charge in [-0.3, -0.25) is 19.1 Å². The summed E-state index contributed by atoms with van der Waals surface area (Å²) in [6, 6.07) is 7.55. The summed E-state index contributed by atoms with van der Waals surface area (Å²) in [4.78, 5) is 44.0. The van der Waals surface area contributed by atoms with E-state index in [2.05, 4.69) is 22.2 Å². The van der Waals surface area contributed by atoms with E-state index in [0.717, 1.165) is 29.2 Å². The van der Waals surface area contributed by atoms with Gasteiger partial charge in [0.15, 0.2) is 11.2 Å². The van der Waals surface area contributed by atoms with Crippen molar-refractivity contribution in [3.63, 3.8) is 0 Å². The summed E-state index contributed by atoms with van der Waals surface area (Å²) in [5, 5.41) is 2.74. The van der Waals surface area contributed by atoms with Gasteiger partial charge in [0, 0.05) is 30.6 Å². The van der Waals surface area contributed by atoms with Gasteiger partial charge in [0.05, 0.1) is 5.75 Å². The predicted molar refractivity (Wildman–Crippen MR) is 116 cm³/mol. The van der Waals surface area contributed by atoms with Crippen LogP contribution in [0.1, 0.15) is 39.4 Å². The highest BCUT2D eigenvalue weighted by molar-refractivity contribution is 7.98. The van der Waals surface area contributed by atoms with Gasteiger partial charge in [0.2, 0.25) is 5.91 Å². The Morgan fingerprint density at radius 2 is 1.90 bits per heavy atom. The van der Waals surface area contributed by atoms with E-state index in [-0.39, 0.29) is 5.91 Å². The predicted octanol–water partition coefficient (Wildman–Crippen LogP) is 2.96. The van der Waals surface area contributed by atoms with E-state index >= 15 is 0 Å². The molecule has 1 aromatic carbocycles. The molecule has 2 heterocycles. The van der Waals surface area contributed by atoms with E-state index in [1.165, 1.54) is 6.92 Å². The maximum atomic E-state index is 12.4. The van der Waals surface area contributed by atoms with E-state index in [0.29, 0.717) is 30.0 Å². The average Bonchev–Trinajstić information content (AvgIpc) is 3.05. The van der Waals surface area contributed by atoms with Crippen molar-refractivity contribution in [3.8, 4) is 0 Å². The van der Waals surface area contributed by atoms with Gasteiger partial charge >= 0.3 is 5.69 Å². The SMILES string of the molecule is CCCCn1c(=O)[nH]c(=O)c2c1nc(CSc1ccc(NC(C)=O)cc1)n2CC. The lowest BCUT2D eigenvalue weighted by molar-refractivity contribution is -0.114. The number of hydrogen-bond donors (Lipinski definition) is 2. The highest BCUT2D eigenvalue weighted by atomic mass is 32.2. The van der Waals surface area contributed by atoms with Gasteiger partial charge in [-0.05, 0) is 37.6 Å². The lowest BCUT2D eigenvalue weighted by atomic mass is 10.3. The largest absolute Gasteiger partial charge is 0.330 e. The number of aromatic amines is 1. The molecule has 0 fully saturated rings. The molecule has 0 saturated heterocycles. The van der Waals surface area contributed by atoms with E-state index < -0.39 is 11.2 Å². The van der Waals surface area contributed by atoms with Crippen molar-refractivity contribution in [1.29, 1.82) is 0 Å². The molecule has 0 spiro atoms. The Labute approximate surface area is 172 Å². The third-order valence-corrected chi connectivity index (χ3v) is 5.57. The molecule has 154 valence electrons. The van der Waals surface area contributed by atoms with E-state index in [9.17, 15) is 14.4 Å². The van der Waals surface area contributed by atoms with Crippen molar-refractivity contribution in [3.05, 3.63) is 50.9 Å². The Morgan fingerprint density at radius 3 is 2.52 bits per heavy atom. The second-order valence-corrected chi connectivity index (χ2v) is 7.75. The lowest BCUT2D eigenvalue weighted by Gasteiger charge is -2.07. The van der Waals surface area contributed by atoms with Crippen LogP contribution in [0, 0.1) is 0 Å². The highest BCUT2D eigenvalue weighted by Crippen LogP contribution is 2.25. The van der Waals surface area contributed by atoms with Crippen LogP contribution >= 0.6 is 11.8 Å². The van der Waals surface area contributed by atoms with Gasteiger partial charge in [-0.15, -0.1) is 11.8 Å². The fraction of sp³-hybridized carbons (Fsp3) is 0.400. The number of thioether (sulfide) groups is 1. The Kier molecular flexibility index (Phi) is 6.58. The zero-order valence-electron chi connectivity index (χ0n) is 16.8. The summed E-state index contributed by atoms with van der Waals surface area (Å²) in [5.41, 5.74) is 0.826. The molecule has 0 bridgehead atoms. The maximum Gasteiger partial charge on any atom is 0.330 e. The van der Waals surface area contributed by atoms with Crippen molar-refractivity contribution in [2.75, 3.05) is 5.32 Å². The number of amides is 1. The number of nitrogens with zero attached hydrogens (tertiary/aromatic N) is 3. The van der Waals surface area contributed by atoms with Gasteiger partial charge in [-0.25, -0.2) is 9.78 Å². The number of hydrogen-bond acceptors (Lipinski definition) is 5. The first-order chi connectivity index (χ1) is 13.9. The zero-order chi connectivity index (χ0) is 21.0. The van der Waals surface area contributed by atoms with E-state index in [1.807, 2.05) is 35.8 Å². The quantitative estimate of drug-likeness (QED) is 0.551. The van der Waals surface area contributed by atoms with Gasteiger partial charge in [-0.1, -0.05) is 13.3 Å². The Balaban J connectivity index is 1.91. The van der Waals surface area contributed by atoms with Crippen LogP contribution in [-0.2, 0) is 23.6 Å². The van der Waals surface area contributed by atoms with Crippen molar-refractivity contribution < 1.29 is 4.79 Å². The number of rotatable bonds is 8. The van der Waals surface area contributed by atoms with Crippen LogP contribution in [0.4, 0.5) is 5.69 Å². The van der Waals surface area contributed by atoms with E-state index in [4.69, 9.17) is 0 Å². The number of fused-ring (bicyclic) bond motifs is 1. The molecule has 3 aromatic rings. The summed E-state index contributed by atoms with van der Waals surface area (Å²) >= 11 is 1.58. The number of imidazole rings is 1. The number of aromatic nitrogens is 4. The number of aryl methyl sites for hydroxylation is 2. The normalized spacial score (nSPS) is 11.1. The number of benzene rings is 1. The Bertz CT molecular complexity index is 1130. The smallest absolute Gasteiger partial charge is 0.326 e. The molecule has 0 aliphatic carbocycles. The number of H-pyrrole nitrogens is 1. The summed E-state index contributed by atoms with van der Waals surface area (Å²) in [6.45, 7) is 6.60. The third-order valence-electron chi connectivity index (χ3n) is 4.56. The van der Waals surface area contributed by atoms with Crippen molar-refractivity contribution >= 4 is 34.5 Å². The van der Waals surface area contributed by atoms with Crippen LogP contribution in [0.3, 0.4) is 0 Å². The average molecular weight is 416 g/mol. The number of carbonyl (C=O) groups is 1. The van der Waals surface area contributed by atoms with Gasteiger partial charge in [0.1, 0.15) is 5.82 Å². The van der Waals surface area contributed by atoms with Crippen LogP contribution in [0.25, 0.3) is 11.2 Å². The number of unbranched alkanes of at least 4 members (excludes halogenated alkanes) is 1. The second kappa shape index (κ2) is 9.13. The minimum Gasteiger partial charge on any atom is -0.326 e. The molecular weight excluding hydrogens is 390 g/mol. The standard InChI is InChI=1S/C20H25N5O3S/c1-4-6-11-25-18-17(19(27)23-20(25)28)24(5-2)16(22-18)12-29-15-9-7-14(8-10-15)21-13(3)26/h7-10H,4-6,11-12H2,1-3H3,(H,21,26)(H,23,27,28). The molecule has 29 heavy (non-hydrogen) atoms. The van der Waals surface area contributed by atoms with Crippen molar-refractivity contribution in [1.82, 2.24) is 19.1 Å². The topological polar surface area (TPSA) is 102 Å². The number of carbonyl (C=O) groups excluding carboxylic acids is 1. The molecule has 1 amide bonds. The van der Waals surface area contributed by atoms with Gasteiger partial charge in [0.25, 0.3) is 5.56 Å². The van der Waals surface area contributed by atoms with Crippen molar-refractivity contribution in [2.45, 2.75) is 57.4 Å². The number of anilines is 1. The summed E-state index contributed by atoms with van der Waals surface area (Å²) < 4.78 is 3.43. The molecule has 0 aliphatic rings. The number of nitrogens with one attached hydrogen (secondary N) is 2. The molecule has 3 rings (SSSR count). The Morgan fingerprint density at radius 1 is 1.17 bits per heavy atom. The first-order valence-electron chi connectivity index (χ1n) is 9.67. The summed E-state index contributed by atoms with van der Waals surface area (Å²) in [7, 11) is 0. The third kappa shape index (κ3) is 4.61. The Hall–Kier alpha value is -2.81. The minimum atomic E-state index is -0.413. The zero-order valence-corrected chi connectivity index (χ0v) is 17.6. The molecule has 0 unspecified atom stereocenters. The molecule has 0 atom stereocenters. The molecule has 2 N–H and O–H groups in total. The molecule has 0 saturated carbocycles. The second-order valence-electron chi connectivity index (χ2n) is 6.70. The van der Waals surface area contributed by atoms with Crippen LogP contribution in [-0.4, -0.2) is 25.0 Å². The first kappa shape index (κ1) is 20.9. The van der Waals surface area contributed by atoms with Crippen molar-refractivity contribution in [2.24, 2.45) is 0 Å². The molecule has 0 radical (unpaired) electrons. The molecule has 8 nitrogen and oxygen atoms in total. The summed E-state index contributed by atoms with van der Waals surface area (Å²) in [6.07, 6.45) is 1.78. The molecule has 2 aromatic heterocycles. The first-order valence-corrected chi connectivity index (χ1v) is 10.7. The highest BCUT2D eigenvalue weighted by Gasteiger charge is 2.17. The van der Waals surface area contributed by atoms with Gasteiger partial charge < -0.3 is 9.88 Å². The fourth-order valence-electron chi connectivity index (χ4n) is 3.18. The van der Waals surface area contributed by atoms with Crippen LogP contribution in [0.5, 0.6) is 0 Å². The molecule has 9 heteroatoms. The lowest BCUT2D eigenvalue weighted by Crippen LogP contribution is -2.31. The fourth-order valence-corrected chi connectivity index (χ4v) is 4.02. The summed E-state index contributed by atoms with van der Waals surface area (Å²) in [5.74, 6) is 1.20. The molecule has 0 aliphatic heterocycles. The maximum absolute atomic E-state index is 12.4.